The van der Waals surface area contributed by atoms with Gasteiger partial charge in [0.2, 0.25) is 0 Å². The smallest absolute Gasteiger partial charge is 0.0715 e. The SMILES string of the molecule is C/C=C\C(=C/C)c1cc(-c2ccccc2)nc(-c2cccc(C)c2)c1.CC. The molecule has 0 bridgehead atoms. The standard InChI is InChI=1S/C24H23N.C2H6/c1-4-10-19(5-2)22-16-23(20-12-7-6-8-13-20)25-24(17-22)21-14-9-11-18(3)15-21;1-2/h4-17H,1-3H3;1-2H3/b10-4-,19-5+;. The van der Waals surface area contributed by atoms with Gasteiger partial charge in [-0.2, -0.15) is 0 Å². The zero-order valence-electron chi connectivity index (χ0n) is 17.0. The van der Waals surface area contributed by atoms with Gasteiger partial charge in [0, 0.05) is 11.1 Å². The second-order valence-corrected chi connectivity index (χ2v) is 6.11. The highest BCUT2D eigenvalue weighted by Crippen LogP contribution is 2.28. The molecule has 0 spiro atoms. The molecule has 3 aromatic rings. The molecule has 0 amide bonds. The van der Waals surface area contributed by atoms with E-state index in [9.17, 15) is 0 Å². The topological polar surface area (TPSA) is 12.9 Å². The van der Waals surface area contributed by atoms with E-state index >= 15 is 0 Å². The van der Waals surface area contributed by atoms with Crippen molar-refractivity contribution in [2.75, 3.05) is 0 Å². The van der Waals surface area contributed by atoms with Crippen LogP contribution < -0.4 is 0 Å². The Labute approximate surface area is 164 Å². The maximum Gasteiger partial charge on any atom is 0.0715 e. The molecule has 0 fully saturated rings. The van der Waals surface area contributed by atoms with Crippen LogP contribution in [0.1, 0.15) is 38.8 Å². The van der Waals surface area contributed by atoms with Crippen molar-refractivity contribution in [1.82, 2.24) is 4.98 Å². The Morgan fingerprint density at radius 2 is 1.41 bits per heavy atom. The molecule has 3 rings (SSSR count). The third-order valence-corrected chi connectivity index (χ3v) is 4.20. The minimum Gasteiger partial charge on any atom is -0.248 e. The van der Waals surface area contributed by atoms with E-state index in [0.29, 0.717) is 0 Å². The second kappa shape index (κ2) is 10.3. The first-order valence-electron chi connectivity index (χ1n) is 9.65. The summed E-state index contributed by atoms with van der Waals surface area (Å²) in [6.07, 6.45) is 6.36. The van der Waals surface area contributed by atoms with Crippen molar-refractivity contribution in [3.8, 4) is 22.5 Å². The van der Waals surface area contributed by atoms with Gasteiger partial charge in [0.05, 0.1) is 11.4 Å². The number of pyridine rings is 1. The lowest BCUT2D eigenvalue weighted by Crippen LogP contribution is -1.93. The fourth-order valence-electron chi connectivity index (χ4n) is 2.94. The highest BCUT2D eigenvalue weighted by Gasteiger charge is 2.09. The van der Waals surface area contributed by atoms with E-state index < -0.39 is 0 Å². The molecule has 2 aromatic carbocycles. The average Bonchev–Trinajstić information content (AvgIpc) is 2.74. The fraction of sp³-hybridized carbons (Fsp3) is 0.192. The van der Waals surface area contributed by atoms with Crippen LogP contribution in [0, 0.1) is 6.92 Å². The lowest BCUT2D eigenvalue weighted by atomic mass is 9.99. The van der Waals surface area contributed by atoms with Crippen molar-refractivity contribution >= 4 is 5.57 Å². The molecular formula is C26H29N. The summed E-state index contributed by atoms with van der Waals surface area (Å²) in [5.41, 5.74) is 7.92. The number of hydrogen-bond acceptors (Lipinski definition) is 1. The Morgan fingerprint density at radius 1 is 0.778 bits per heavy atom. The van der Waals surface area contributed by atoms with Gasteiger partial charge >= 0.3 is 0 Å². The van der Waals surface area contributed by atoms with Crippen molar-refractivity contribution < 1.29 is 0 Å². The molecule has 0 saturated carbocycles. The van der Waals surface area contributed by atoms with E-state index in [-0.39, 0.29) is 0 Å². The van der Waals surface area contributed by atoms with Crippen LogP contribution in [0.5, 0.6) is 0 Å². The van der Waals surface area contributed by atoms with E-state index in [2.05, 4.69) is 92.7 Å². The van der Waals surface area contributed by atoms with Gasteiger partial charge in [-0.1, -0.05) is 86.2 Å². The van der Waals surface area contributed by atoms with Crippen molar-refractivity contribution in [2.24, 2.45) is 0 Å². The van der Waals surface area contributed by atoms with Gasteiger partial charge in [-0.05, 0) is 50.1 Å². The molecule has 27 heavy (non-hydrogen) atoms. The van der Waals surface area contributed by atoms with Crippen LogP contribution >= 0.6 is 0 Å². The second-order valence-electron chi connectivity index (χ2n) is 6.11. The minimum absolute atomic E-state index is 0.999. The van der Waals surface area contributed by atoms with Crippen LogP contribution in [-0.4, -0.2) is 4.98 Å². The molecule has 1 heteroatoms. The molecular weight excluding hydrogens is 326 g/mol. The van der Waals surface area contributed by atoms with E-state index in [0.717, 1.165) is 22.5 Å². The molecule has 0 aliphatic heterocycles. The van der Waals surface area contributed by atoms with Crippen LogP contribution in [0.15, 0.2) is 85.0 Å². The highest BCUT2D eigenvalue weighted by molar-refractivity contribution is 5.80. The maximum atomic E-state index is 4.94. The Balaban J connectivity index is 0.00000126. The molecule has 0 unspecified atom stereocenters. The summed E-state index contributed by atoms with van der Waals surface area (Å²) in [5, 5.41) is 0. The van der Waals surface area contributed by atoms with Gasteiger partial charge in [0.1, 0.15) is 0 Å². The first kappa shape index (κ1) is 20.4. The molecule has 1 heterocycles. The van der Waals surface area contributed by atoms with E-state index in [1.54, 1.807) is 0 Å². The van der Waals surface area contributed by atoms with Gasteiger partial charge in [-0.3, -0.25) is 0 Å². The van der Waals surface area contributed by atoms with Crippen molar-refractivity contribution in [3.63, 3.8) is 0 Å². The summed E-state index contributed by atoms with van der Waals surface area (Å²) in [6.45, 7) is 10.2. The Kier molecular flexibility index (Phi) is 7.76. The van der Waals surface area contributed by atoms with Gasteiger partial charge in [-0.25, -0.2) is 4.98 Å². The van der Waals surface area contributed by atoms with Gasteiger partial charge in [-0.15, -0.1) is 0 Å². The predicted octanol–water partition coefficient (Wildman–Crippen LogP) is 7.73. The molecule has 1 aromatic heterocycles. The molecule has 0 aliphatic carbocycles. The Hall–Kier alpha value is -2.93. The summed E-state index contributed by atoms with van der Waals surface area (Å²) in [7, 11) is 0. The molecule has 0 atom stereocenters. The zero-order chi connectivity index (χ0) is 19.6. The molecule has 0 radical (unpaired) electrons. The summed E-state index contributed by atoms with van der Waals surface area (Å²) in [6, 6.07) is 23.2. The van der Waals surface area contributed by atoms with Crippen LogP contribution in [0.3, 0.4) is 0 Å². The lowest BCUT2D eigenvalue weighted by molar-refractivity contribution is 1.30. The fourth-order valence-corrected chi connectivity index (χ4v) is 2.94. The minimum atomic E-state index is 0.999. The van der Waals surface area contributed by atoms with Crippen molar-refractivity contribution in [3.05, 3.63) is 96.1 Å². The van der Waals surface area contributed by atoms with Crippen LogP contribution in [0.2, 0.25) is 0 Å². The van der Waals surface area contributed by atoms with E-state index in [1.807, 2.05) is 26.8 Å². The Morgan fingerprint density at radius 3 is 2.00 bits per heavy atom. The van der Waals surface area contributed by atoms with Crippen molar-refractivity contribution in [1.29, 1.82) is 0 Å². The summed E-state index contributed by atoms with van der Waals surface area (Å²) in [5.74, 6) is 0. The third-order valence-electron chi connectivity index (χ3n) is 4.20. The monoisotopic (exact) mass is 355 g/mol. The Bertz CT molecular complexity index is 918. The molecule has 0 aliphatic rings. The zero-order valence-corrected chi connectivity index (χ0v) is 17.0. The van der Waals surface area contributed by atoms with Crippen LogP contribution in [-0.2, 0) is 0 Å². The first-order valence-corrected chi connectivity index (χ1v) is 9.65. The number of hydrogen-bond donors (Lipinski definition) is 0. The molecule has 0 N–H and O–H groups in total. The number of aromatic nitrogens is 1. The van der Waals surface area contributed by atoms with Crippen LogP contribution in [0.25, 0.3) is 28.1 Å². The maximum absolute atomic E-state index is 4.94. The first-order chi connectivity index (χ1) is 13.2. The predicted molar refractivity (Wildman–Crippen MR) is 120 cm³/mol. The van der Waals surface area contributed by atoms with Gasteiger partial charge in [0.15, 0.2) is 0 Å². The number of allylic oxidation sites excluding steroid dienone is 4. The summed E-state index contributed by atoms with van der Waals surface area (Å²) < 4.78 is 0. The number of benzene rings is 2. The normalized spacial score (nSPS) is 11.2. The molecule has 0 saturated heterocycles. The number of aryl methyl sites for hydroxylation is 1. The average molecular weight is 356 g/mol. The quantitative estimate of drug-likeness (QED) is 0.436. The summed E-state index contributed by atoms with van der Waals surface area (Å²) >= 11 is 0. The third kappa shape index (κ3) is 5.27. The van der Waals surface area contributed by atoms with E-state index in [1.165, 1.54) is 16.7 Å². The number of rotatable bonds is 4. The largest absolute Gasteiger partial charge is 0.248 e. The van der Waals surface area contributed by atoms with Crippen LogP contribution in [0.4, 0.5) is 0 Å². The van der Waals surface area contributed by atoms with E-state index in [4.69, 9.17) is 4.98 Å². The highest BCUT2D eigenvalue weighted by atomic mass is 14.7. The number of nitrogens with zero attached hydrogens (tertiary/aromatic N) is 1. The van der Waals surface area contributed by atoms with Crippen molar-refractivity contribution in [2.45, 2.75) is 34.6 Å². The summed E-state index contributed by atoms with van der Waals surface area (Å²) in [4.78, 5) is 4.94. The molecule has 1 nitrogen and oxygen atoms in total. The molecule has 138 valence electrons. The van der Waals surface area contributed by atoms with Gasteiger partial charge in [0.25, 0.3) is 0 Å². The van der Waals surface area contributed by atoms with Gasteiger partial charge < -0.3 is 0 Å². The lowest BCUT2D eigenvalue weighted by Gasteiger charge is -2.11.